The SMILES string of the molecule is C[C@H](NC(=O)COC(=O)c1cc(-c2ccc(Cl)cc2)nc2ccccc12)c1ccccc1. The molecule has 1 heterocycles. The van der Waals surface area contributed by atoms with Crippen LogP contribution in [0.1, 0.15) is 28.9 Å². The number of benzene rings is 3. The lowest BCUT2D eigenvalue weighted by molar-refractivity contribution is -0.124. The minimum atomic E-state index is -0.582. The molecule has 0 bridgehead atoms. The maximum atomic E-state index is 12.9. The molecule has 1 N–H and O–H groups in total. The number of nitrogens with zero attached hydrogens (tertiary/aromatic N) is 1. The van der Waals surface area contributed by atoms with Gasteiger partial charge in [-0.25, -0.2) is 9.78 Å². The van der Waals surface area contributed by atoms with Crippen molar-refractivity contribution in [2.45, 2.75) is 13.0 Å². The summed E-state index contributed by atoms with van der Waals surface area (Å²) >= 11 is 5.99. The summed E-state index contributed by atoms with van der Waals surface area (Å²) in [6.45, 7) is 1.51. The van der Waals surface area contributed by atoms with E-state index in [0.29, 0.717) is 27.2 Å². The summed E-state index contributed by atoms with van der Waals surface area (Å²) in [5.41, 5.74) is 3.43. The van der Waals surface area contributed by atoms with Gasteiger partial charge in [0.15, 0.2) is 6.61 Å². The van der Waals surface area contributed by atoms with E-state index < -0.39 is 5.97 Å². The van der Waals surface area contributed by atoms with E-state index in [9.17, 15) is 9.59 Å². The van der Waals surface area contributed by atoms with Gasteiger partial charge in [0, 0.05) is 16.0 Å². The highest BCUT2D eigenvalue weighted by Gasteiger charge is 2.17. The summed E-state index contributed by atoms with van der Waals surface area (Å²) in [5.74, 6) is -0.952. The maximum Gasteiger partial charge on any atom is 0.339 e. The Hall–Kier alpha value is -3.70. The Balaban J connectivity index is 1.52. The number of halogens is 1. The molecule has 0 aliphatic rings. The van der Waals surface area contributed by atoms with Gasteiger partial charge in [-0.05, 0) is 36.8 Å². The van der Waals surface area contributed by atoms with E-state index in [0.717, 1.165) is 11.1 Å². The standard InChI is InChI=1S/C26H21ClN2O3/c1-17(18-7-3-2-4-8-18)28-25(30)16-32-26(31)22-15-24(19-11-13-20(27)14-12-19)29-23-10-6-5-9-21(22)23/h2-15,17H,16H2,1H3,(H,28,30)/t17-/m0/s1. The quantitative estimate of drug-likeness (QED) is 0.393. The van der Waals surface area contributed by atoms with E-state index in [1.807, 2.05) is 73.7 Å². The molecule has 0 unspecified atom stereocenters. The third-order valence-electron chi connectivity index (χ3n) is 5.09. The van der Waals surface area contributed by atoms with Gasteiger partial charge >= 0.3 is 5.97 Å². The van der Waals surface area contributed by atoms with Gasteiger partial charge in [-0.1, -0.05) is 72.3 Å². The molecule has 0 spiro atoms. The van der Waals surface area contributed by atoms with Crippen LogP contribution in [0.15, 0.2) is 84.9 Å². The molecule has 0 aliphatic carbocycles. The molecule has 3 aromatic carbocycles. The zero-order chi connectivity index (χ0) is 22.5. The molecule has 0 saturated heterocycles. The van der Waals surface area contributed by atoms with Crippen molar-refractivity contribution in [3.8, 4) is 11.3 Å². The Labute approximate surface area is 191 Å². The fourth-order valence-electron chi connectivity index (χ4n) is 3.43. The van der Waals surface area contributed by atoms with Crippen LogP contribution in [-0.2, 0) is 9.53 Å². The number of aromatic nitrogens is 1. The van der Waals surface area contributed by atoms with Crippen LogP contribution in [-0.4, -0.2) is 23.5 Å². The lowest BCUT2D eigenvalue weighted by Crippen LogP contribution is -2.31. The van der Waals surface area contributed by atoms with Gasteiger partial charge in [-0.15, -0.1) is 0 Å². The summed E-state index contributed by atoms with van der Waals surface area (Å²) in [6, 6.07) is 25.6. The molecule has 1 aromatic heterocycles. The van der Waals surface area contributed by atoms with Crippen molar-refractivity contribution < 1.29 is 14.3 Å². The molecular formula is C26H21ClN2O3. The largest absolute Gasteiger partial charge is 0.452 e. The van der Waals surface area contributed by atoms with Crippen molar-refractivity contribution in [3.63, 3.8) is 0 Å². The predicted octanol–water partition coefficient (Wildman–Crippen LogP) is 5.59. The first-order valence-electron chi connectivity index (χ1n) is 10.2. The number of nitrogens with one attached hydrogen (secondary N) is 1. The third kappa shape index (κ3) is 4.95. The van der Waals surface area contributed by atoms with E-state index >= 15 is 0 Å². The molecule has 0 fully saturated rings. The number of hydrogen-bond acceptors (Lipinski definition) is 4. The highest BCUT2D eigenvalue weighted by Crippen LogP contribution is 2.26. The summed E-state index contributed by atoms with van der Waals surface area (Å²) in [4.78, 5) is 29.9. The molecule has 160 valence electrons. The number of para-hydroxylation sites is 1. The molecule has 1 amide bonds. The fraction of sp³-hybridized carbons (Fsp3) is 0.115. The summed E-state index contributed by atoms with van der Waals surface area (Å²) < 4.78 is 5.34. The normalized spacial score (nSPS) is 11.7. The van der Waals surface area contributed by atoms with Gasteiger partial charge in [0.2, 0.25) is 0 Å². The fourth-order valence-corrected chi connectivity index (χ4v) is 3.56. The number of carbonyl (C=O) groups excluding carboxylic acids is 2. The average Bonchev–Trinajstić information content (AvgIpc) is 2.83. The van der Waals surface area contributed by atoms with Crippen molar-refractivity contribution in [3.05, 3.63) is 101 Å². The van der Waals surface area contributed by atoms with Crippen LogP contribution in [0.3, 0.4) is 0 Å². The maximum absolute atomic E-state index is 12.9. The van der Waals surface area contributed by atoms with Gasteiger partial charge in [-0.2, -0.15) is 0 Å². The molecular weight excluding hydrogens is 424 g/mol. The van der Waals surface area contributed by atoms with Crippen molar-refractivity contribution in [2.24, 2.45) is 0 Å². The van der Waals surface area contributed by atoms with Crippen molar-refractivity contribution >= 4 is 34.4 Å². The third-order valence-corrected chi connectivity index (χ3v) is 5.34. The number of hydrogen-bond donors (Lipinski definition) is 1. The van der Waals surface area contributed by atoms with E-state index in [-0.39, 0.29) is 18.6 Å². The number of fused-ring (bicyclic) bond motifs is 1. The molecule has 32 heavy (non-hydrogen) atoms. The Bertz CT molecular complexity index is 1260. The highest BCUT2D eigenvalue weighted by atomic mass is 35.5. The van der Waals surface area contributed by atoms with Crippen LogP contribution in [0.2, 0.25) is 5.02 Å². The number of esters is 1. The van der Waals surface area contributed by atoms with Crippen LogP contribution in [0.4, 0.5) is 0 Å². The Morgan fingerprint density at radius 2 is 1.66 bits per heavy atom. The zero-order valence-corrected chi connectivity index (χ0v) is 18.2. The van der Waals surface area contributed by atoms with Crippen molar-refractivity contribution in [1.29, 1.82) is 0 Å². The summed E-state index contributed by atoms with van der Waals surface area (Å²) in [7, 11) is 0. The Morgan fingerprint density at radius 3 is 2.41 bits per heavy atom. The first-order valence-corrected chi connectivity index (χ1v) is 10.6. The molecule has 1 atom stereocenters. The smallest absolute Gasteiger partial charge is 0.339 e. The van der Waals surface area contributed by atoms with E-state index in [1.54, 1.807) is 18.2 Å². The van der Waals surface area contributed by atoms with E-state index in [1.165, 1.54) is 0 Å². The molecule has 6 heteroatoms. The Kier molecular flexibility index (Phi) is 6.47. The van der Waals surface area contributed by atoms with Gasteiger partial charge in [0.05, 0.1) is 22.8 Å². The van der Waals surface area contributed by atoms with E-state index in [4.69, 9.17) is 16.3 Å². The second-order valence-electron chi connectivity index (χ2n) is 7.36. The molecule has 5 nitrogen and oxygen atoms in total. The van der Waals surface area contributed by atoms with E-state index in [2.05, 4.69) is 10.3 Å². The lowest BCUT2D eigenvalue weighted by atomic mass is 10.0. The first kappa shape index (κ1) is 21.5. The minimum Gasteiger partial charge on any atom is -0.452 e. The molecule has 4 rings (SSSR count). The summed E-state index contributed by atoms with van der Waals surface area (Å²) in [6.07, 6.45) is 0. The van der Waals surface area contributed by atoms with Gasteiger partial charge in [0.1, 0.15) is 0 Å². The molecule has 0 aliphatic heterocycles. The van der Waals surface area contributed by atoms with Crippen molar-refractivity contribution in [1.82, 2.24) is 10.3 Å². The zero-order valence-electron chi connectivity index (χ0n) is 17.4. The van der Waals surface area contributed by atoms with Gasteiger partial charge < -0.3 is 10.1 Å². The van der Waals surface area contributed by atoms with Crippen LogP contribution < -0.4 is 5.32 Å². The number of pyridine rings is 1. The number of rotatable bonds is 6. The number of amides is 1. The van der Waals surface area contributed by atoms with Gasteiger partial charge in [0.25, 0.3) is 5.91 Å². The monoisotopic (exact) mass is 444 g/mol. The average molecular weight is 445 g/mol. The van der Waals surface area contributed by atoms with Crippen LogP contribution in [0.25, 0.3) is 22.2 Å². The van der Waals surface area contributed by atoms with Crippen LogP contribution in [0, 0.1) is 0 Å². The second-order valence-corrected chi connectivity index (χ2v) is 7.79. The lowest BCUT2D eigenvalue weighted by Gasteiger charge is -2.14. The number of ether oxygens (including phenoxy) is 1. The topological polar surface area (TPSA) is 68.3 Å². The highest BCUT2D eigenvalue weighted by molar-refractivity contribution is 6.30. The van der Waals surface area contributed by atoms with Crippen LogP contribution >= 0.6 is 11.6 Å². The minimum absolute atomic E-state index is 0.194. The molecule has 4 aromatic rings. The molecule has 0 saturated carbocycles. The van der Waals surface area contributed by atoms with Crippen molar-refractivity contribution in [2.75, 3.05) is 6.61 Å². The second kappa shape index (κ2) is 9.62. The first-order chi connectivity index (χ1) is 15.5. The number of carbonyl (C=O) groups is 2. The molecule has 0 radical (unpaired) electrons. The summed E-state index contributed by atoms with van der Waals surface area (Å²) in [5, 5.41) is 4.12. The Morgan fingerprint density at radius 1 is 0.969 bits per heavy atom. The predicted molar refractivity (Wildman–Crippen MR) is 125 cm³/mol. The van der Waals surface area contributed by atoms with Crippen LogP contribution in [0.5, 0.6) is 0 Å². The van der Waals surface area contributed by atoms with Gasteiger partial charge in [-0.3, -0.25) is 4.79 Å².